The molecule has 0 saturated carbocycles. The molecule has 0 amide bonds. The summed E-state index contributed by atoms with van der Waals surface area (Å²) in [6.07, 6.45) is 1.47. The van der Waals surface area contributed by atoms with Crippen molar-refractivity contribution in [1.29, 1.82) is 0 Å². The molecule has 1 aliphatic heterocycles. The standard InChI is InChI=1S/C5H7NO3/c7-2-1-4-5(8)9-3-6-4/h3-4,7H,1-2H2. The summed E-state index contributed by atoms with van der Waals surface area (Å²) in [6, 6.07) is -0.463. The van der Waals surface area contributed by atoms with Crippen molar-refractivity contribution in [3.8, 4) is 0 Å². The topological polar surface area (TPSA) is 58.9 Å². The minimum absolute atomic E-state index is 0.0306. The molecule has 0 aromatic rings. The van der Waals surface area contributed by atoms with Crippen molar-refractivity contribution in [2.24, 2.45) is 4.99 Å². The van der Waals surface area contributed by atoms with E-state index in [9.17, 15) is 4.79 Å². The van der Waals surface area contributed by atoms with Gasteiger partial charge in [-0.25, -0.2) is 9.79 Å². The number of ether oxygens (including phenoxy) is 1. The van der Waals surface area contributed by atoms with Gasteiger partial charge in [0.1, 0.15) is 0 Å². The summed E-state index contributed by atoms with van der Waals surface area (Å²) in [7, 11) is 0. The van der Waals surface area contributed by atoms with Crippen molar-refractivity contribution in [1.82, 2.24) is 0 Å². The van der Waals surface area contributed by atoms with Gasteiger partial charge in [-0.15, -0.1) is 0 Å². The highest BCUT2D eigenvalue weighted by atomic mass is 16.5. The van der Waals surface area contributed by atoms with Gasteiger partial charge in [-0.2, -0.15) is 0 Å². The first-order valence-electron chi connectivity index (χ1n) is 2.67. The van der Waals surface area contributed by atoms with Crippen molar-refractivity contribution in [3.05, 3.63) is 0 Å². The van der Waals surface area contributed by atoms with Crippen molar-refractivity contribution >= 4 is 12.4 Å². The number of hydrogen-bond donors (Lipinski definition) is 1. The number of cyclic esters (lactones) is 1. The number of hydrogen-bond acceptors (Lipinski definition) is 4. The van der Waals surface area contributed by atoms with Crippen LogP contribution in [0, 0.1) is 0 Å². The first kappa shape index (κ1) is 6.22. The van der Waals surface area contributed by atoms with Crippen LogP contribution in [-0.2, 0) is 9.53 Å². The fourth-order valence-corrected chi connectivity index (χ4v) is 0.610. The van der Waals surface area contributed by atoms with Gasteiger partial charge in [0.25, 0.3) is 0 Å². The van der Waals surface area contributed by atoms with Crippen molar-refractivity contribution < 1.29 is 14.6 Å². The first-order valence-corrected chi connectivity index (χ1v) is 2.67. The van der Waals surface area contributed by atoms with Crippen LogP contribution in [0.15, 0.2) is 4.99 Å². The Kier molecular flexibility index (Phi) is 1.79. The molecule has 0 bridgehead atoms. The average Bonchev–Trinajstić information content (AvgIpc) is 2.18. The molecule has 1 heterocycles. The summed E-state index contributed by atoms with van der Waals surface area (Å²) in [6.45, 7) is -0.0306. The summed E-state index contributed by atoms with van der Waals surface area (Å²) < 4.78 is 4.38. The van der Waals surface area contributed by atoms with Crippen LogP contribution in [0.2, 0.25) is 0 Å². The third-order valence-electron chi connectivity index (χ3n) is 1.08. The lowest BCUT2D eigenvalue weighted by molar-refractivity contribution is -0.134. The lowest BCUT2D eigenvalue weighted by Gasteiger charge is -1.97. The van der Waals surface area contributed by atoms with Gasteiger partial charge in [0.15, 0.2) is 12.4 Å². The van der Waals surface area contributed by atoms with E-state index in [1.807, 2.05) is 0 Å². The van der Waals surface area contributed by atoms with Gasteiger partial charge in [0.05, 0.1) is 0 Å². The third kappa shape index (κ3) is 1.26. The zero-order valence-electron chi connectivity index (χ0n) is 4.78. The number of aliphatic hydroxyl groups is 1. The number of carbonyl (C=O) groups excluding carboxylic acids is 1. The monoisotopic (exact) mass is 129 g/mol. The minimum atomic E-state index is -0.463. The molecule has 0 aliphatic carbocycles. The zero-order chi connectivity index (χ0) is 6.69. The maximum atomic E-state index is 10.5. The van der Waals surface area contributed by atoms with Crippen LogP contribution in [-0.4, -0.2) is 30.1 Å². The summed E-state index contributed by atoms with van der Waals surface area (Å²) in [5, 5.41) is 8.36. The van der Waals surface area contributed by atoms with E-state index < -0.39 is 6.04 Å². The Morgan fingerprint density at radius 2 is 2.67 bits per heavy atom. The SMILES string of the molecule is O=C1OC=NC1CCO. The summed E-state index contributed by atoms with van der Waals surface area (Å²) in [5.41, 5.74) is 0. The van der Waals surface area contributed by atoms with Gasteiger partial charge in [0.2, 0.25) is 0 Å². The van der Waals surface area contributed by atoms with Crippen molar-refractivity contribution in [3.63, 3.8) is 0 Å². The molecule has 1 atom stereocenters. The third-order valence-corrected chi connectivity index (χ3v) is 1.08. The van der Waals surface area contributed by atoms with Gasteiger partial charge in [-0.05, 0) is 0 Å². The van der Waals surface area contributed by atoms with Crippen LogP contribution < -0.4 is 0 Å². The van der Waals surface area contributed by atoms with Gasteiger partial charge >= 0.3 is 5.97 Å². The average molecular weight is 129 g/mol. The molecule has 4 heteroatoms. The minimum Gasteiger partial charge on any atom is -0.413 e. The van der Waals surface area contributed by atoms with Gasteiger partial charge in [0, 0.05) is 13.0 Å². The van der Waals surface area contributed by atoms with Gasteiger partial charge in [-0.1, -0.05) is 0 Å². The van der Waals surface area contributed by atoms with E-state index >= 15 is 0 Å². The van der Waals surface area contributed by atoms with E-state index in [0.29, 0.717) is 6.42 Å². The second kappa shape index (κ2) is 2.59. The van der Waals surface area contributed by atoms with E-state index in [1.165, 1.54) is 0 Å². The number of aliphatic hydroxyl groups excluding tert-OH is 1. The maximum absolute atomic E-state index is 10.5. The van der Waals surface area contributed by atoms with Crippen LogP contribution in [0.3, 0.4) is 0 Å². The van der Waals surface area contributed by atoms with Crippen molar-refractivity contribution in [2.75, 3.05) is 6.61 Å². The molecular weight excluding hydrogens is 122 g/mol. The predicted octanol–water partition coefficient (Wildman–Crippen LogP) is -0.678. The van der Waals surface area contributed by atoms with E-state index in [4.69, 9.17) is 5.11 Å². The van der Waals surface area contributed by atoms with Crippen LogP contribution in [0.5, 0.6) is 0 Å². The second-order valence-electron chi connectivity index (χ2n) is 1.72. The molecule has 0 aromatic carbocycles. The molecule has 0 radical (unpaired) electrons. The van der Waals surface area contributed by atoms with Crippen LogP contribution in [0.4, 0.5) is 0 Å². The Balaban J connectivity index is 2.40. The summed E-state index contributed by atoms with van der Waals surface area (Å²) in [4.78, 5) is 14.2. The zero-order valence-corrected chi connectivity index (χ0v) is 4.78. The lowest BCUT2D eigenvalue weighted by atomic mass is 10.2. The number of carbonyl (C=O) groups is 1. The molecule has 9 heavy (non-hydrogen) atoms. The number of nitrogens with zero attached hydrogens (tertiary/aromatic N) is 1. The van der Waals surface area contributed by atoms with E-state index in [0.717, 1.165) is 6.40 Å². The predicted molar refractivity (Wildman–Crippen MR) is 30.1 cm³/mol. The molecule has 50 valence electrons. The Morgan fingerprint density at radius 3 is 3.11 bits per heavy atom. The molecule has 1 N–H and O–H groups in total. The van der Waals surface area contributed by atoms with Gasteiger partial charge in [-0.3, -0.25) is 0 Å². The van der Waals surface area contributed by atoms with E-state index in [-0.39, 0.29) is 12.6 Å². The molecule has 0 aromatic heterocycles. The summed E-state index contributed by atoms with van der Waals surface area (Å²) in [5.74, 6) is -0.371. The Morgan fingerprint density at radius 1 is 1.89 bits per heavy atom. The van der Waals surface area contributed by atoms with Gasteiger partial charge < -0.3 is 9.84 Å². The highest BCUT2D eigenvalue weighted by molar-refractivity contribution is 5.87. The highest BCUT2D eigenvalue weighted by Gasteiger charge is 2.21. The molecular formula is C5H7NO3. The molecule has 1 unspecified atom stereocenters. The molecule has 4 nitrogen and oxygen atoms in total. The first-order chi connectivity index (χ1) is 4.34. The summed E-state index contributed by atoms with van der Waals surface area (Å²) >= 11 is 0. The molecule has 1 rings (SSSR count). The Hall–Kier alpha value is -0.900. The van der Waals surface area contributed by atoms with Crippen LogP contribution >= 0.6 is 0 Å². The largest absolute Gasteiger partial charge is 0.413 e. The Bertz CT molecular complexity index is 143. The molecule has 0 fully saturated rings. The maximum Gasteiger partial charge on any atom is 0.337 e. The fourth-order valence-electron chi connectivity index (χ4n) is 0.610. The smallest absolute Gasteiger partial charge is 0.337 e. The lowest BCUT2D eigenvalue weighted by Crippen LogP contribution is -2.15. The number of rotatable bonds is 2. The molecule has 0 saturated heterocycles. The second-order valence-corrected chi connectivity index (χ2v) is 1.72. The quantitative estimate of drug-likeness (QED) is 0.502. The molecule has 1 aliphatic rings. The van der Waals surface area contributed by atoms with E-state index in [2.05, 4.69) is 9.73 Å². The number of aliphatic imine (C=N–C) groups is 1. The van der Waals surface area contributed by atoms with Crippen LogP contribution in [0.25, 0.3) is 0 Å². The van der Waals surface area contributed by atoms with Crippen LogP contribution in [0.1, 0.15) is 6.42 Å². The molecule has 0 spiro atoms. The highest BCUT2D eigenvalue weighted by Crippen LogP contribution is 2.04. The number of esters is 1. The van der Waals surface area contributed by atoms with Crippen molar-refractivity contribution in [2.45, 2.75) is 12.5 Å². The van der Waals surface area contributed by atoms with E-state index in [1.54, 1.807) is 0 Å². The Labute approximate surface area is 52.2 Å². The normalized spacial score (nSPS) is 24.6. The fraction of sp³-hybridized carbons (Fsp3) is 0.600.